The summed E-state index contributed by atoms with van der Waals surface area (Å²) in [5.41, 5.74) is 1.96. The van der Waals surface area contributed by atoms with Crippen LogP contribution in [0.1, 0.15) is 21.7 Å². The summed E-state index contributed by atoms with van der Waals surface area (Å²) in [7, 11) is 1.80. The molecular weight excluding hydrogens is 463 g/mol. The zero-order chi connectivity index (χ0) is 23.4. The summed E-state index contributed by atoms with van der Waals surface area (Å²) in [5, 5.41) is 14.9. The standard InChI is InChI=1S/C22H21FN6O2S2/c1-13-6-5-9-16-19(13)26-21(33-16)25-18(30)12-32-22-28-27-17(29(22)2)10-11-24-20(31)14-7-3-4-8-15(14)23/h3-9H,10-12H2,1-2H3,(H,24,31)(H,25,26,30). The lowest BCUT2D eigenvalue weighted by molar-refractivity contribution is -0.113. The Kier molecular flexibility index (Phi) is 6.99. The number of hydrogen-bond donors (Lipinski definition) is 2. The van der Waals surface area contributed by atoms with Crippen LogP contribution in [0, 0.1) is 12.7 Å². The number of rotatable bonds is 8. The van der Waals surface area contributed by atoms with Crippen molar-refractivity contribution < 1.29 is 14.0 Å². The Balaban J connectivity index is 1.27. The number of thiazole rings is 1. The number of aromatic nitrogens is 4. The van der Waals surface area contributed by atoms with Gasteiger partial charge in [0.1, 0.15) is 11.6 Å². The second-order valence-corrected chi connectivity index (χ2v) is 9.19. The molecule has 33 heavy (non-hydrogen) atoms. The number of benzene rings is 2. The van der Waals surface area contributed by atoms with Gasteiger partial charge in [-0.05, 0) is 30.7 Å². The Morgan fingerprint density at radius 3 is 2.76 bits per heavy atom. The highest BCUT2D eigenvalue weighted by atomic mass is 32.2. The number of fused-ring (bicyclic) bond motifs is 1. The predicted octanol–water partition coefficient (Wildman–Crippen LogP) is 3.58. The molecule has 0 aliphatic carbocycles. The van der Waals surface area contributed by atoms with Crippen molar-refractivity contribution in [2.45, 2.75) is 18.5 Å². The van der Waals surface area contributed by atoms with Crippen LogP contribution in [0.25, 0.3) is 10.2 Å². The Labute approximate surface area is 197 Å². The molecule has 4 rings (SSSR count). The minimum absolute atomic E-state index is 0.000935. The molecule has 0 unspecified atom stereocenters. The van der Waals surface area contributed by atoms with E-state index >= 15 is 0 Å². The van der Waals surface area contributed by atoms with Crippen LogP contribution in [0.3, 0.4) is 0 Å². The molecule has 0 aliphatic rings. The zero-order valence-corrected chi connectivity index (χ0v) is 19.6. The van der Waals surface area contributed by atoms with Crippen LogP contribution in [0.15, 0.2) is 47.6 Å². The molecule has 0 atom stereocenters. The van der Waals surface area contributed by atoms with E-state index < -0.39 is 11.7 Å². The van der Waals surface area contributed by atoms with Crippen molar-refractivity contribution in [3.8, 4) is 0 Å². The van der Waals surface area contributed by atoms with E-state index in [9.17, 15) is 14.0 Å². The van der Waals surface area contributed by atoms with E-state index in [0.29, 0.717) is 22.5 Å². The van der Waals surface area contributed by atoms with Gasteiger partial charge in [0, 0.05) is 20.0 Å². The molecular formula is C22H21FN6O2S2. The normalized spacial score (nSPS) is 11.0. The lowest BCUT2D eigenvalue weighted by atomic mass is 10.2. The first-order valence-electron chi connectivity index (χ1n) is 10.1. The first-order chi connectivity index (χ1) is 15.9. The molecule has 0 aliphatic heterocycles. The summed E-state index contributed by atoms with van der Waals surface area (Å²) >= 11 is 2.70. The van der Waals surface area contributed by atoms with E-state index in [0.717, 1.165) is 15.8 Å². The fourth-order valence-electron chi connectivity index (χ4n) is 3.14. The highest BCUT2D eigenvalue weighted by Crippen LogP contribution is 2.28. The fourth-order valence-corrected chi connectivity index (χ4v) is 4.83. The lowest BCUT2D eigenvalue weighted by Gasteiger charge is -2.06. The summed E-state index contributed by atoms with van der Waals surface area (Å²) in [5.74, 6) is -0.421. The Morgan fingerprint density at radius 2 is 1.97 bits per heavy atom. The van der Waals surface area contributed by atoms with Crippen LogP contribution in [-0.4, -0.2) is 43.9 Å². The quantitative estimate of drug-likeness (QED) is 0.371. The van der Waals surface area contributed by atoms with E-state index in [4.69, 9.17) is 0 Å². The second-order valence-electron chi connectivity index (χ2n) is 7.22. The van der Waals surface area contributed by atoms with Crippen molar-refractivity contribution in [1.82, 2.24) is 25.1 Å². The van der Waals surface area contributed by atoms with Gasteiger partial charge in [0.2, 0.25) is 5.91 Å². The van der Waals surface area contributed by atoms with Gasteiger partial charge < -0.3 is 15.2 Å². The van der Waals surface area contributed by atoms with Gasteiger partial charge in [0.15, 0.2) is 10.3 Å². The van der Waals surface area contributed by atoms with Crippen molar-refractivity contribution in [3.05, 3.63) is 65.2 Å². The number of halogens is 1. The van der Waals surface area contributed by atoms with E-state index in [1.54, 1.807) is 17.7 Å². The minimum Gasteiger partial charge on any atom is -0.351 e. The first-order valence-corrected chi connectivity index (χ1v) is 11.9. The number of nitrogens with one attached hydrogen (secondary N) is 2. The molecule has 0 fully saturated rings. The van der Waals surface area contributed by atoms with Gasteiger partial charge in [-0.25, -0.2) is 9.37 Å². The van der Waals surface area contributed by atoms with Crippen molar-refractivity contribution in [3.63, 3.8) is 0 Å². The number of aryl methyl sites for hydroxylation is 1. The van der Waals surface area contributed by atoms with E-state index in [1.807, 2.05) is 25.1 Å². The monoisotopic (exact) mass is 484 g/mol. The van der Waals surface area contributed by atoms with Crippen molar-refractivity contribution in [1.29, 1.82) is 0 Å². The molecule has 2 aromatic heterocycles. The number of nitrogens with zero attached hydrogens (tertiary/aromatic N) is 4. The third-order valence-corrected chi connectivity index (χ3v) is 6.83. The van der Waals surface area contributed by atoms with Crippen molar-refractivity contribution in [2.75, 3.05) is 17.6 Å². The van der Waals surface area contributed by atoms with E-state index in [2.05, 4.69) is 25.8 Å². The lowest BCUT2D eigenvalue weighted by Crippen LogP contribution is -2.27. The van der Waals surface area contributed by atoms with Crippen LogP contribution in [0.4, 0.5) is 9.52 Å². The zero-order valence-electron chi connectivity index (χ0n) is 18.0. The Bertz CT molecular complexity index is 1320. The number of thioether (sulfide) groups is 1. The van der Waals surface area contributed by atoms with Crippen molar-refractivity contribution >= 4 is 50.3 Å². The van der Waals surface area contributed by atoms with Gasteiger partial charge in [-0.2, -0.15) is 0 Å². The molecule has 170 valence electrons. The van der Waals surface area contributed by atoms with E-state index in [1.165, 1.54) is 41.3 Å². The number of carbonyl (C=O) groups excluding carboxylic acids is 2. The minimum atomic E-state index is -0.563. The summed E-state index contributed by atoms with van der Waals surface area (Å²) in [6.07, 6.45) is 0.418. The molecule has 2 amide bonds. The van der Waals surface area contributed by atoms with Crippen LogP contribution in [0.2, 0.25) is 0 Å². The van der Waals surface area contributed by atoms with E-state index in [-0.39, 0.29) is 23.8 Å². The number of anilines is 1. The van der Waals surface area contributed by atoms with Gasteiger partial charge in [0.25, 0.3) is 5.91 Å². The molecule has 11 heteroatoms. The first kappa shape index (κ1) is 22.9. The number of para-hydroxylation sites is 1. The molecule has 0 spiro atoms. The SMILES string of the molecule is Cc1cccc2sc(NC(=O)CSc3nnc(CCNC(=O)c4ccccc4F)n3C)nc12. The van der Waals surface area contributed by atoms with Crippen LogP contribution in [-0.2, 0) is 18.3 Å². The van der Waals surface area contributed by atoms with Gasteiger partial charge in [-0.15, -0.1) is 10.2 Å². The fraction of sp³-hybridized carbons (Fsp3) is 0.227. The topological polar surface area (TPSA) is 102 Å². The maximum absolute atomic E-state index is 13.7. The van der Waals surface area contributed by atoms with Gasteiger partial charge in [-0.1, -0.05) is 47.4 Å². The highest BCUT2D eigenvalue weighted by molar-refractivity contribution is 7.99. The molecule has 4 aromatic rings. The number of carbonyl (C=O) groups is 2. The smallest absolute Gasteiger partial charge is 0.254 e. The molecule has 2 N–H and O–H groups in total. The maximum atomic E-state index is 13.7. The second kappa shape index (κ2) is 10.1. The molecule has 2 heterocycles. The van der Waals surface area contributed by atoms with Crippen LogP contribution in [0.5, 0.6) is 0 Å². The highest BCUT2D eigenvalue weighted by Gasteiger charge is 2.15. The number of hydrogen-bond acceptors (Lipinski definition) is 7. The number of amides is 2. The van der Waals surface area contributed by atoms with Crippen LogP contribution < -0.4 is 10.6 Å². The summed E-state index contributed by atoms with van der Waals surface area (Å²) in [4.78, 5) is 29.0. The Hall–Kier alpha value is -3.31. The van der Waals surface area contributed by atoms with Gasteiger partial charge >= 0.3 is 0 Å². The molecule has 0 radical (unpaired) electrons. The summed E-state index contributed by atoms with van der Waals surface area (Å²) < 4.78 is 16.5. The average Bonchev–Trinajstić information content (AvgIpc) is 3.36. The molecule has 0 bridgehead atoms. The van der Waals surface area contributed by atoms with Gasteiger partial charge in [0.05, 0.1) is 21.5 Å². The van der Waals surface area contributed by atoms with Gasteiger partial charge in [-0.3, -0.25) is 9.59 Å². The molecule has 2 aromatic carbocycles. The predicted molar refractivity (Wildman–Crippen MR) is 127 cm³/mol. The Morgan fingerprint density at radius 1 is 1.15 bits per heavy atom. The average molecular weight is 485 g/mol. The third-order valence-electron chi connectivity index (χ3n) is 4.88. The van der Waals surface area contributed by atoms with Crippen molar-refractivity contribution in [2.24, 2.45) is 7.05 Å². The maximum Gasteiger partial charge on any atom is 0.254 e. The third kappa shape index (κ3) is 5.37. The largest absolute Gasteiger partial charge is 0.351 e. The molecule has 0 saturated carbocycles. The molecule has 0 saturated heterocycles. The van der Waals surface area contributed by atoms with Crippen LogP contribution >= 0.6 is 23.1 Å². The summed E-state index contributed by atoms with van der Waals surface area (Å²) in [6, 6.07) is 11.7. The summed E-state index contributed by atoms with van der Waals surface area (Å²) in [6.45, 7) is 2.27. The molecule has 8 nitrogen and oxygen atoms in total.